The smallest absolute Gasteiger partial charge is 0.162 e. The van der Waals surface area contributed by atoms with Gasteiger partial charge in [0.2, 0.25) is 0 Å². The molecule has 1 aliphatic rings. The molecular formula is C15H23NO2S. The molecule has 19 heavy (non-hydrogen) atoms. The first-order valence-corrected chi connectivity index (χ1v) is 7.87. The fraction of sp³-hybridized carbons (Fsp3) is 0.600. The molecule has 1 aromatic rings. The van der Waals surface area contributed by atoms with E-state index in [0.717, 1.165) is 30.2 Å². The van der Waals surface area contributed by atoms with Crippen molar-refractivity contribution in [1.82, 2.24) is 5.32 Å². The SMILES string of the molecule is CCC(C)(C)NCCSc1ccc2c(c1)OCCO2. The third-order valence-electron chi connectivity index (χ3n) is 3.37. The molecule has 4 heteroatoms. The summed E-state index contributed by atoms with van der Waals surface area (Å²) in [5, 5.41) is 3.56. The maximum atomic E-state index is 5.59. The van der Waals surface area contributed by atoms with Crippen LogP contribution in [0.25, 0.3) is 0 Å². The highest BCUT2D eigenvalue weighted by Crippen LogP contribution is 2.34. The Hall–Kier alpha value is -0.870. The monoisotopic (exact) mass is 281 g/mol. The van der Waals surface area contributed by atoms with Gasteiger partial charge < -0.3 is 14.8 Å². The van der Waals surface area contributed by atoms with Crippen molar-refractivity contribution < 1.29 is 9.47 Å². The zero-order valence-corrected chi connectivity index (χ0v) is 12.8. The van der Waals surface area contributed by atoms with Crippen molar-refractivity contribution in [3.05, 3.63) is 18.2 Å². The molecule has 0 aliphatic carbocycles. The molecule has 0 bridgehead atoms. The summed E-state index contributed by atoms with van der Waals surface area (Å²) in [7, 11) is 0. The lowest BCUT2D eigenvalue weighted by Gasteiger charge is -2.24. The highest BCUT2D eigenvalue weighted by Gasteiger charge is 2.14. The molecule has 1 N–H and O–H groups in total. The minimum atomic E-state index is 0.230. The summed E-state index contributed by atoms with van der Waals surface area (Å²) in [6, 6.07) is 6.17. The van der Waals surface area contributed by atoms with Crippen molar-refractivity contribution in [3.8, 4) is 11.5 Å². The Balaban J connectivity index is 1.80. The second kappa shape index (κ2) is 6.53. The van der Waals surface area contributed by atoms with Crippen LogP contribution < -0.4 is 14.8 Å². The number of thioether (sulfide) groups is 1. The fourth-order valence-electron chi connectivity index (χ4n) is 1.80. The van der Waals surface area contributed by atoms with E-state index in [1.54, 1.807) is 0 Å². The van der Waals surface area contributed by atoms with Crippen molar-refractivity contribution in [1.29, 1.82) is 0 Å². The van der Waals surface area contributed by atoms with Gasteiger partial charge in [0.25, 0.3) is 0 Å². The van der Waals surface area contributed by atoms with Crippen LogP contribution in [0.2, 0.25) is 0 Å². The van der Waals surface area contributed by atoms with Crippen molar-refractivity contribution >= 4 is 11.8 Å². The van der Waals surface area contributed by atoms with Crippen LogP contribution in [0.4, 0.5) is 0 Å². The first kappa shape index (κ1) is 14.5. The molecular weight excluding hydrogens is 258 g/mol. The van der Waals surface area contributed by atoms with E-state index in [2.05, 4.69) is 38.2 Å². The summed E-state index contributed by atoms with van der Waals surface area (Å²) < 4.78 is 11.1. The zero-order valence-electron chi connectivity index (χ0n) is 12.0. The lowest BCUT2D eigenvalue weighted by Crippen LogP contribution is -2.39. The molecule has 0 fully saturated rings. The van der Waals surface area contributed by atoms with Gasteiger partial charge in [-0.1, -0.05) is 6.92 Å². The van der Waals surface area contributed by atoms with Gasteiger partial charge in [0, 0.05) is 22.7 Å². The first-order valence-electron chi connectivity index (χ1n) is 6.88. The highest BCUT2D eigenvalue weighted by atomic mass is 32.2. The number of ether oxygens (including phenoxy) is 2. The Morgan fingerprint density at radius 2 is 1.95 bits per heavy atom. The Kier molecular flexibility index (Phi) is 4.99. The Morgan fingerprint density at radius 1 is 1.21 bits per heavy atom. The Bertz CT molecular complexity index is 421. The molecule has 1 aliphatic heterocycles. The lowest BCUT2D eigenvalue weighted by molar-refractivity contribution is 0.171. The number of fused-ring (bicyclic) bond motifs is 1. The van der Waals surface area contributed by atoms with Crippen LogP contribution in [0.15, 0.2) is 23.1 Å². The summed E-state index contributed by atoms with van der Waals surface area (Å²) in [6.07, 6.45) is 1.14. The molecule has 0 saturated carbocycles. The summed E-state index contributed by atoms with van der Waals surface area (Å²) in [4.78, 5) is 1.24. The predicted octanol–water partition coefficient (Wildman–Crippen LogP) is 3.33. The van der Waals surface area contributed by atoms with E-state index in [-0.39, 0.29) is 5.54 Å². The first-order chi connectivity index (χ1) is 9.11. The minimum absolute atomic E-state index is 0.230. The molecule has 1 aromatic carbocycles. The van der Waals surface area contributed by atoms with Crippen molar-refractivity contribution in [2.24, 2.45) is 0 Å². The number of benzene rings is 1. The van der Waals surface area contributed by atoms with E-state index < -0.39 is 0 Å². The molecule has 2 rings (SSSR count). The minimum Gasteiger partial charge on any atom is -0.486 e. The molecule has 3 nitrogen and oxygen atoms in total. The average Bonchev–Trinajstić information content (AvgIpc) is 2.43. The topological polar surface area (TPSA) is 30.5 Å². The van der Waals surface area contributed by atoms with Crippen molar-refractivity contribution in [2.45, 2.75) is 37.6 Å². The molecule has 0 spiro atoms. The van der Waals surface area contributed by atoms with Gasteiger partial charge in [-0.25, -0.2) is 0 Å². The van der Waals surface area contributed by atoms with Gasteiger partial charge in [-0.15, -0.1) is 11.8 Å². The molecule has 0 aromatic heterocycles. The van der Waals surface area contributed by atoms with Crippen LogP contribution in [0, 0.1) is 0 Å². The number of hydrogen-bond acceptors (Lipinski definition) is 4. The maximum absolute atomic E-state index is 5.59. The lowest BCUT2D eigenvalue weighted by atomic mass is 10.0. The second-order valence-electron chi connectivity index (χ2n) is 5.32. The van der Waals surface area contributed by atoms with E-state index in [4.69, 9.17) is 9.47 Å². The molecule has 0 amide bonds. The largest absolute Gasteiger partial charge is 0.486 e. The maximum Gasteiger partial charge on any atom is 0.162 e. The summed E-state index contributed by atoms with van der Waals surface area (Å²) in [6.45, 7) is 8.99. The highest BCUT2D eigenvalue weighted by molar-refractivity contribution is 7.99. The average molecular weight is 281 g/mol. The summed E-state index contributed by atoms with van der Waals surface area (Å²) in [5.74, 6) is 2.79. The fourth-order valence-corrected chi connectivity index (χ4v) is 2.59. The quantitative estimate of drug-likeness (QED) is 0.640. The zero-order chi connectivity index (χ0) is 13.7. The van der Waals surface area contributed by atoms with Crippen LogP contribution in [0.5, 0.6) is 11.5 Å². The van der Waals surface area contributed by atoms with Gasteiger partial charge in [-0.05, 0) is 38.5 Å². The van der Waals surface area contributed by atoms with E-state index in [0.29, 0.717) is 13.2 Å². The van der Waals surface area contributed by atoms with Gasteiger partial charge in [-0.2, -0.15) is 0 Å². The van der Waals surface area contributed by atoms with E-state index in [9.17, 15) is 0 Å². The van der Waals surface area contributed by atoms with E-state index >= 15 is 0 Å². The molecule has 0 radical (unpaired) electrons. The van der Waals surface area contributed by atoms with Gasteiger partial charge in [-0.3, -0.25) is 0 Å². The van der Waals surface area contributed by atoms with E-state index in [1.165, 1.54) is 4.90 Å². The standard InChI is InChI=1S/C15H23NO2S/c1-4-15(2,3)16-7-10-19-12-5-6-13-14(11-12)18-9-8-17-13/h5-6,11,16H,4,7-10H2,1-3H3. The summed E-state index contributed by atoms with van der Waals surface area (Å²) in [5.41, 5.74) is 0.230. The molecule has 0 unspecified atom stereocenters. The van der Waals surface area contributed by atoms with E-state index in [1.807, 2.05) is 17.8 Å². The van der Waals surface area contributed by atoms with Crippen LogP contribution in [0.3, 0.4) is 0 Å². The van der Waals surface area contributed by atoms with Gasteiger partial charge >= 0.3 is 0 Å². The Labute approximate surface area is 120 Å². The van der Waals surface area contributed by atoms with Crippen molar-refractivity contribution in [3.63, 3.8) is 0 Å². The second-order valence-corrected chi connectivity index (χ2v) is 6.49. The van der Waals surface area contributed by atoms with Crippen LogP contribution >= 0.6 is 11.8 Å². The third-order valence-corrected chi connectivity index (χ3v) is 4.37. The molecule has 0 saturated heterocycles. The molecule has 1 heterocycles. The summed E-state index contributed by atoms with van der Waals surface area (Å²) >= 11 is 1.85. The number of nitrogens with one attached hydrogen (secondary N) is 1. The van der Waals surface area contributed by atoms with Crippen LogP contribution in [-0.2, 0) is 0 Å². The predicted molar refractivity (Wildman–Crippen MR) is 80.5 cm³/mol. The number of rotatable bonds is 6. The normalized spacial score (nSPS) is 14.5. The van der Waals surface area contributed by atoms with Crippen LogP contribution in [0.1, 0.15) is 27.2 Å². The van der Waals surface area contributed by atoms with Crippen molar-refractivity contribution in [2.75, 3.05) is 25.5 Å². The van der Waals surface area contributed by atoms with Crippen LogP contribution in [-0.4, -0.2) is 31.1 Å². The molecule has 106 valence electrons. The molecule has 0 atom stereocenters. The van der Waals surface area contributed by atoms with Gasteiger partial charge in [0.15, 0.2) is 11.5 Å². The third kappa shape index (κ3) is 4.32. The Morgan fingerprint density at radius 3 is 2.68 bits per heavy atom. The van der Waals surface area contributed by atoms with Gasteiger partial charge in [0.05, 0.1) is 0 Å². The van der Waals surface area contributed by atoms with Gasteiger partial charge in [0.1, 0.15) is 13.2 Å². The number of hydrogen-bond donors (Lipinski definition) is 1.